The van der Waals surface area contributed by atoms with Gasteiger partial charge in [-0.1, -0.05) is 64.8 Å². The topological polar surface area (TPSA) is 286 Å². The number of nitrogens with zero attached hydrogens (tertiary/aromatic N) is 8. The molecule has 0 fully saturated rings. The van der Waals surface area contributed by atoms with Crippen molar-refractivity contribution < 1.29 is 29.3 Å². The Morgan fingerprint density at radius 1 is 0.851 bits per heavy atom. The summed E-state index contributed by atoms with van der Waals surface area (Å²) in [5.41, 5.74) is 19.9. The minimum absolute atomic E-state index is 0.0253. The summed E-state index contributed by atoms with van der Waals surface area (Å²) in [4.78, 5) is 48.6. The minimum atomic E-state index is -0.654. The van der Waals surface area contributed by atoms with Crippen LogP contribution in [0.4, 0.5) is 11.9 Å². The molecular formula is C47H74N14O6. The Morgan fingerprint density at radius 3 is 2.06 bits per heavy atom. The highest BCUT2D eigenvalue weighted by Crippen LogP contribution is 2.32. The summed E-state index contributed by atoms with van der Waals surface area (Å²) in [5, 5.41) is 33.0. The third-order valence-corrected chi connectivity index (χ3v) is 9.95. The van der Waals surface area contributed by atoms with Crippen molar-refractivity contribution in [3.05, 3.63) is 93.9 Å². The van der Waals surface area contributed by atoms with Crippen molar-refractivity contribution in [3.8, 4) is 5.75 Å². The number of fused-ring (bicyclic) bond motifs is 2. The van der Waals surface area contributed by atoms with E-state index < -0.39 is 11.8 Å². The second-order valence-electron chi connectivity index (χ2n) is 14.4. The number of ether oxygens (including phenoxy) is 1. The number of primary amides is 1. The van der Waals surface area contributed by atoms with Gasteiger partial charge >= 0.3 is 0 Å². The number of anilines is 2. The Bertz CT molecular complexity index is 2450. The molecule has 0 radical (unpaired) electrons. The number of carbonyl (C=O) groups excluding carboxylic acids is 3. The number of hydrazine groups is 1. The third kappa shape index (κ3) is 15.2. The van der Waals surface area contributed by atoms with Crippen LogP contribution in [0.3, 0.4) is 0 Å². The molecule has 3 amide bonds. The van der Waals surface area contributed by atoms with E-state index in [0.29, 0.717) is 72.0 Å². The molecule has 5 aromatic rings. The lowest BCUT2D eigenvalue weighted by Gasteiger charge is -2.13. The molecule has 6 rings (SSSR count). The van der Waals surface area contributed by atoms with Gasteiger partial charge in [0.15, 0.2) is 0 Å². The Morgan fingerprint density at radius 2 is 1.48 bits per heavy atom. The number of nitrogens with two attached hydrogens (primary N) is 3. The molecule has 20 nitrogen and oxygen atoms in total. The van der Waals surface area contributed by atoms with Crippen LogP contribution in [0.25, 0.3) is 16.8 Å². The van der Waals surface area contributed by atoms with Crippen LogP contribution in [-0.2, 0) is 43.8 Å². The number of benzene rings is 1. The van der Waals surface area contributed by atoms with Gasteiger partial charge in [-0.05, 0) is 70.9 Å². The summed E-state index contributed by atoms with van der Waals surface area (Å²) in [6.45, 7) is 20.5. The first kappa shape index (κ1) is 56.5. The lowest BCUT2D eigenvalue weighted by atomic mass is 10.0. The van der Waals surface area contributed by atoms with Crippen LogP contribution in [0, 0.1) is 13.8 Å². The van der Waals surface area contributed by atoms with Crippen LogP contribution in [0.2, 0.25) is 0 Å². The van der Waals surface area contributed by atoms with Gasteiger partial charge in [0.05, 0.1) is 36.1 Å². The number of aromatic nitrogens is 8. The highest BCUT2D eigenvalue weighted by atomic mass is 16.5. The quantitative estimate of drug-likeness (QED) is 0.0240. The van der Waals surface area contributed by atoms with Crippen molar-refractivity contribution in [1.29, 1.82) is 0 Å². The number of amides is 3. The number of methoxy groups -OCH3 is 1. The minimum Gasteiger partial charge on any atom is -0.506 e. The molecule has 1 aliphatic rings. The van der Waals surface area contributed by atoms with E-state index in [0.717, 1.165) is 30.6 Å². The van der Waals surface area contributed by atoms with Gasteiger partial charge < -0.3 is 35.6 Å². The first-order valence-corrected chi connectivity index (χ1v) is 22.8. The number of allylic oxidation sites excluding steroid dienone is 4. The van der Waals surface area contributed by atoms with Gasteiger partial charge in [0.25, 0.3) is 5.91 Å². The van der Waals surface area contributed by atoms with E-state index >= 15 is 0 Å². The molecule has 0 saturated heterocycles. The first-order valence-electron chi connectivity index (χ1n) is 22.8. The van der Waals surface area contributed by atoms with Crippen molar-refractivity contribution in [1.82, 2.24) is 44.1 Å². The summed E-state index contributed by atoms with van der Waals surface area (Å²) in [5.74, 6) is 4.45. The van der Waals surface area contributed by atoms with E-state index in [1.54, 1.807) is 36.7 Å². The number of aryl methyl sites for hydroxylation is 4. The van der Waals surface area contributed by atoms with Crippen LogP contribution < -0.4 is 38.1 Å². The summed E-state index contributed by atoms with van der Waals surface area (Å²) < 4.78 is 12.6. The van der Waals surface area contributed by atoms with E-state index in [1.165, 1.54) is 26.0 Å². The second kappa shape index (κ2) is 29.1. The molecular weight excluding hydrogens is 857 g/mol. The Balaban J connectivity index is 0.00000116. The van der Waals surface area contributed by atoms with E-state index in [-0.39, 0.29) is 48.6 Å². The molecule has 0 unspecified atom stereocenters. The maximum absolute atomic E-state index is 13.6. The van der Waals surface area contributed by atoms with Crippen LogP contribution in [0.1, 0.15) is 117 Å². The number of rotatable bonds is 17. The zero-order valence-electron chi connectivity index (χ0n) is 41.2. The van der Waals surface area contributed by atoms with Crippen LogP contribution in [-0.4, -0.2) is 93.9 Å². The predicted octanol–water partition coefficient (Wildman–Crippen LogP) is 5.72. The maximum atomic E-state index is 13.6. The van der Waals surface area contributed by atoms with E-state index in [4.69, 9.17) is 32.1 Å². The van der Waals surface area contributed by atoms with Crippen molar-refractivity contribution in [2.45, 2.75) is 121 Å². The van der Waals surface area contributed by atoms with Gasteiger partial charge in [-0.25, -0.2) is 9.97 Å². The Labute approximate surface area is 394 Å². The average molecular weight is 931 g/mol. The third-order valence-electron chi connectivity index (χ3n) is 9.95. The SMILES string of the molecule is CC.CC.CCCCNN.CCn1nc(C)cc1CC(=O)Nc1nc2c(n1C/C=C/Cn1c(NC(=O)c3cc(C)nn3CC)nc3cc(C(N)=O)cc(OC)c31)C(O)=CCC(CN)=CC2.CO. The molecule has 0 bridgehead atoms. The molecule has 0 spiro atoms. The van der Waals surface area contributed by atoms with Gasteiger partial charge in [0, 0.05) is 64.1 Å². The number of nitrogens with one attached hydrogen (secondary N) is 3. The van der Waals surface area contributed by atoms with Gasteiger partial charge in [-0.15, -0.1) is 0 Å². The van der Waals surface area contributed by atoms with Gasteiger partial charge in [0.1, 0.15) is 28.4 Å². The molecule has 20 heteroatoms. The normalized spacial score (nSPS) is 11.7. The smallest absolute Gasteiger partial charge is 0.276 e. The fourth-order valence-corrected chi connectivity index (χ4v) is 6.94. The molecule has 1 aliphatic carbocycles. The summed E-state index contributed by atoms with van der Waals surface area (Å²) in [7, 11) is 2.47. The Hall–Kier alpha value is -6.61. The lowest BCUT2D eigenvalue weighted by molar-refractivity contribution is -0.115. The zero-order valence-corrected chi connectivity index (χ0v) is 41.2. The molecule has 11 N–H and O–H groups in total. The van der Waals surface area contributed by atoms with E-state index in [1.807, 2.05) is 79.7 Å². The fraction of sp³-hybridized carbons (Fsp3) is 0.468. The van der Waals surface area contributed by atoms with Crippen molar-refractivity contribution in [3.63, 3.8) is 0 Å². The highest BCUT2D eigenvalue weighted by molar-refractivity contribution is 6.04. The van der Waals surface area contributed by atoms with E-state index in [9.17, 15) is 19.5 Å². The summed E-state index contributed by atoms with van der Waals surface area (Å²) >= 11 is 0. The number of hydrogen-bond acceptors (Lipinski definition) is 13. The molecule has 368 valence electrons. The van der Waals surface area contributed by atoms with Crippen molar-refractivity contribution >= 4 is 46.4 Å². The fourth-order valence-electron chi connectivity index (χ4n) is 6.94. The number of carbonyl (C=O) groups is 3. The highest BCUT2D eigenvalue weighted by Gasteiger charge is 2.24. The number of hydrogen-bond donors (Lipinski definition) is 8. The molecule has 0 aliphatic heterocycles. The largest absolute Gasteiger partial charge is 0.506 e. The monoisotopic (exact) mass is 931 g/mol. The predicted molar refractivity (Wildman–Crippen MR) is 266 cm³/mol. The van der Waals surface area contributed by atoms with Crippen molar-refractivity contribution in [2.24, 2.45) is 17.3 Å². The molecule has 0 atom stereocenters. The second-order valence-corrected chi connectivity index (χ2v) is 14.4. The van der Waals surface area contributed by atoms with Crippen molar-refractivity contribution in [2.75, 3.05) is 37.9 Å². The van der Waals surface area contributed by atoms with Gasteiger partial charge in [-0.2, -0.15) is 10.2 Å². The summed E-state index contributed by atoms with van der Waals surface area (Å²) in [6.07, 6.45) is 10.8. The first-order chi connectivity index (χ1) is 32.3. The Kier molecular flexibility index (Phi) is 24.6. The molecule has 4 heterocycles. The van der Waals surface area contributed by atoms with E-state index in [2.05, 4.69) is 38.2 Å². The number of imidazole rings is 2. The number of unbranched alkanes of at least 4 members (excludes halogenated alkanes) is 1. The van der Waals surface area contributed by atoms with Crippen LogP contribution >= 0.6 is 0 Å². The summed E-state index contributed by atoms with van der Waals surface area (Å²) in [6, 6.07) is 6.65. The maximum Gasteiger partial charge on any atom is 0.276 e. The van der Waals surface area contributed by atoms with Gasteiger partial charge in [-0.3, -0.25) is 45.6 Å². The molecule has 4 aromatic heterocycles. The molecule has 67 heavy (non-hydrogen) atoms. The van der Waals surface area contributed by atoms with Gasteiger partial charge in [0.2, 0.25) is 23.7 Å². The number of aliphatic hydroxyl groups is 2. The van der Waals surface area contributed by atoms with Crippen LogP contribution in [0.15, 0.2) is 54.1 Å². The zero-order chi connectivity index (χ0) is 50.2. The lowest BCUT2D eigenvalue weighted by Crippen LogP contribution is -2.22. The number of aliphatic hydroxyl groups excluding tert-OH is 2. The van der Waals surface area contributed by atoms with Crippen LogP contribution in [0.5, 0.6) is 5.75 Å². The standard InChI is InChI=1S/C38H46N12O5.C4H12N2.2C2H6.CH4O/c1-6-49-26(16-22(3)45-49)20-32(52)43-37-41-27-12-10-24(21-39)11-13-30(51)33(27)47(37)14-8-9-15-48-34-28(18-25(35(40)53)19-31(34)55-5)42-38(48)44-36(54)29-17-23(4)46-50(29)7-2;1-2-3-4-6-5;3*1-2/h8-10,13,16-19,51H,6-7,11-12,14-15,20-21,39H2,1-5H3,(H2,40,53)(H,41,43,52)(H,42,44,54);6H,2-5H2,1H3;2*1-2H3;2H,1H3/b9-8+,24-10?,30-13?;;;;. The molecule has 0 saturated carbocycles. The average Bonchev–Trinajstić information content (AvgIpc) is 4.09. The molecule has 1 aromatic carbocycles.